The van der Waals surface area contributed by atoms with Crippen molar-refractivity contribution in [2.24, 2.45) is 0 Å². The number of sulfonamides is 1. The SMILES string of the molecule is CCNC(=O)Nc1cccc(NC(=O)CCNS(=O)(=O)c2ccc3c(c2)CCCC3)c1. The highest BCUT2D eigenvalue weighted by atomic mass is 32.2. The first-order valence-corrected chi connectivity index (χ1v) is 11.9. The average molecular weight is 445 g/mol. The minimum absolute atomic E-state index is 0.0118. The van der Waals surface area contributed by atoms with Crippen molar-refractivity contribution >= 4 is 33.3 Å². The summed E-state index contributed by atoms with van der Waals surface area (Å²) in [6, 6.07) is 11.7. The van der Waals surface area contributed by atoms with Crippen LogP contribution in [0, 0.1) is 0 Å². The molecule has 9 heteroatoms. The zero-order valence-corrected chi connectivity index (χ0v) is 18.3. The third kappa shape index (κ3) is 6.53. The molecule has 2 aromatic carbocycles. The number of aryl methyl sites for hydroxylation is 2. The van der Waals surface area contributed by atoms with E-state index in [-0.39, 0.29) is 29.8 Å². The number of nitrogens with one attached hydrogen (secondary N) is 4. The Morgan fingerprint density at radius 1 is 0.935 bits per heavy atom. The number of urea groups is 1. The number of rotatable bonds is 8. The molecule has 0 atom stereocenters. The topological polar surface area (TPSA) is 116 Å². The Hall–Kier alpha value is -2.91. The van der Waals surface area contributed by atoms with Crippen molar-refractivity contribution < 1.29 is 18.0 Å². The fourth-order valence-corrected chi connectivity index (χ4v) is 4.58. The van der Waals surface area contributed by atoms with Gasteiger partial charge in [0.05, 0.1) is 4.90 Å². The zero-order valence-electron chi connectivity index (χ0n) is 17.5. The first-order valence-electron chi connectivity index (χ1n) is 10.4. The maximum atomic E-state index is 12.6. The molecule has 0 aliphatic heterocycles. The molecule has 0 spiro atoms. The van der Waals surface area contributed by atoms with Crippen LogP contribution in [-0.4, -0.2) is 33.4 Å². The van der Waals surface area contributed by atoms with Gasteiger partial charge in [0.2, 0.25) is 15.9 Å². The zero-order chi connectivity index (χ0) is 22.3. The van der Waals surface area contributed by atoms with Crippen molar-refractivity contribution in [2.45, 2.75) is 43.9 Å². The largest absolute Gasteiger partial charge is 0.338 e. The second-order valence-electron chi connectivity index (χ2n) is 7.40. The number of carbonyl (C=O) groups excluding carboxylic acids is 2. The Morgan fingerprint density at radius 3 is 2.39 bits per heavy atom. The fourth-order valence-electron chi connectivity index (χ4n) is 3.49. The lowest BCUT2D eigenvalue weighted by molar-refractivity contribution is -0.116. The van der Waals surface area contributed by atoms with Gasteiger partial charge in [-0.3, -0.25) is 4.79 Å². The number of carbonyl (C=O) groups is 2. The summed E-state index contributed by atoms with van der Waals surface area (Å²) in [5, 5.41) is 8.00. The van der Waals surface area contributed by atoms with Crippen LogP contribution in [0.4, 0.5) is 16.2 Å². The molecule has 4 N–H and O–H groups in total. The number of hydrogen-bond donors (Lipinski definition) is 4. The summed E-state index contributed by atoms with van der Waals surface area (Å²) in [5.74, 6) is -0.330. The number of fused-ring (bicyclic) bond motifs is 1. The Kier molecular flexibility index (Phi) is 7.64. The summed E-state index contributed by atoms with van der Waals surface area (Å²) in [6.45, 7) is 2.31. The number of amides is 3. The van der Waals surface area contributed by atoms with Crippen LogP contribution in [0.15, 0.2) is 47.4 Å². The molecule has 0 fully saturated rings. The van der Waals surface area contributed by atoms with Gasteiger partial charge in [-0.15, -0.1) is 0 Å². The van der Waals surface area contributed by atoms with Gasteiger partial charge < -0.3 is 16.0 Å². The highest BCUT2D eigenvalue weighted by molar-refractivity contribution is 7.89. The molecular weight excluding hydrogens is 416 g/mol. The Bertz CT molecular complexity index is 1050. The van der Waals surface area contributed by atoms with Crippen molar-refractivity contribution in [3.63, 3.8) is 0 Å². The number of anilines is 2. The van der Waals surface area contributed by atoms with E-state index in [0.717, 1.165) is 31.2 Å². The molecule has 31 heavy (non-hydrogen) atoms. The molecule has 0 saturated heterocycles. The van der Waals surface area contributed by atoms with E-state index in [1.54, 1.807) is 36.4 Å². The van der Waals surface area contributed by atoms with Crippen LogP contribution in [-0.2, 0) is 27.7 Å². The molecule has 0 saturated carbocycles. The molecule has 0 aromatic heterocycles. The highest BCUT2D eigenvalue weighted by Crippen LogP contribution is 2.24. The van der Waals surface area contributed by atoms with Gasteiger partial charge in [0.1, 0.15) is 0 Å². The lowest BCUT2D eigenvalue weighted by atomic mass is 9.92. The summed E-state index contributed by atoms with van der Waals surface area (Å²) in [6.07, 6.45) is 4.08. The molecule has 0 radical (unpaired) electrons. The van der Waals surface area contributed by atoms with Gasteiger partial charge in [-0.2, -0.15) is 0 Å². The van der Waals surface area contributed by atoms with Crippen molar-refractivity contribution in [3.8, 4) is 0 Å². The third-order valence-corrected chi connectivity index (χ3v) is 6.47. The van der Waals surface area contributed by atoms with E-state index in [4.69, 9.17) is 0 Å². The molecular formula is C22H28N4O4S. The fraction of sp³-hybridized carbons (Fsp3) is 0.364. The van der Waals surface area contributed by atoms with E-state index in [1.165, 1.54) is 5.56 Å². The molecule has 3 amide bonds. The smallest absolute Gasteiger partial charge is 0.319 e. The summed E-state index contributed by atoms with van der Waals surface area (Å²) < 4.78 is 27.6. The average Bonchev–Trinajstić information content (AvgIpc) is 2.73. The molecule has 1 aliphatic carbocycles. The maximum absolute atomic E-state index is 12.6. The van der Waals surface area contributed by atoms with Gasteiger partial charge in [0, 0.05) is 30.9 Å². The summed E-state index contributed by atoms with van der Waals surface area (Å²) in [5.41, 5.74) is 3.36. The van der Waals surface area contributed by atoms with E-state index in [2.05, 4.69) is 20.7 Å². The molecule has 166 valence electrons. The van der Waals surface area contributed by atoms with Crippen LogP contribution >= 0.6 is 0 Å². The molecule has 3 rings (SSSR count). The van der Waals surface area contributed by atoms with Gasteiger partial charge in [0.25, 0.3) is 0 Å². The number of benzene rings is 2. The standard InChI is InChI=1S/C22H28N4O4S/c1-2-23-22(28)26-19-9-5-8-18(15-19)25-21(27)12-13-24-31(29,30)20-11-10-16-6-3-4-7-17(16)14-20/h5,8-11,14-15,24H,2-4,6-7,12-13H2,1H3,(H,25,27)(H2,23,26,28). The lowest BCUT2D eigenvalue weighted by Gasteiger charge is -2.16. The molecule has 0 bridgehead atoms. The predicted octanol–water partition coefficient (Wildman–Crippen LogP) is 3.01. The van der Waals surface area contributed by atoms with E-state index in [1.807, 2.05) is 13.0 Å². The molecule has 0 heterocycles. The van der Waals surface area contributed by atoms with Crippen molar-refractivity contribution in [1.82, 2.24) is 10.0 Å². The molecule has 8 nitrogen and oxygen atoms in total. The van der Waals surface area contributed by atoms with Gasteiger partial charge >= 0.3 is 6.03 Å². The molecule has 1 aliphatic rings. The van der Waals surface area contributed by atoms with E-state index in [9.17, 15) is 18.0 Å². The first-order chi connectivity index (χ1) is 14.9. The van der Waals surface area contributed by atoms with E-state index >= 15 is 0 Å². The van der Waals surface area contributed by atoms with Crippen molar-refractivity contribution in [1.29, 1.82) is 0 Å². The van der Waals surface area contributed by atoms with Gasteiger partial charge in [-0.1, -0.05) is 12.1 Å². The number of hydrogen-bond acceptors (Lipinski definition) is 4. The van der Waals surface area contributed by atoms with Gasteiger partial charge in [-0.05, 0) is 74.1 Å². The Labute approximate surface area is 182 Å². The van der Waals surface area contributed by atoms with Crippen molar-refractivity contribution in [3.05, 3.63) is 53.6 Å². The maximum Gasteiger partial charge on any atom is 0.319 e. The van der Waals surface area contributed by atoms with Crippen LogP contribution in [0.5, 0.6) is 0 Å². The highest BCUT2D eigenvalue weighted by Gasteiger charge is 2.18. The normalized spacial score (nSPS) is 13.2. The van der Waals surface area contributed by atoms with Crippen LogP contribution in [0.3, 0.4) is 0 Å². The monoisotopic (exact) mass is 444 g/mol. The van der Waals surface area contributed by atoms with E-state index < -0.39 is 10.0 Å². The van der Waals surface area contributed by atoms with Gasteiger partial charge in [0.15, 0.2) is 0 Å². The van der Waals surface area contributed by atoms with Crippen molar-refractivity contribution in [2.75, 3.05) is 23.7 Å². The lowest BCUT2D eigenvalue weighted by Crippen LogP contribution is -2.28. The first kappa shape index (κ1) is 22.8. The van der Waals surface area contributed by atoms with Crippen LogP contribution < -0.4 is 20.7 Å². The quantitative estimate of drug-likeness (QED) is 0.501. The molecule has 0 unspecified atom stereocenters. The Balaban J connectivity index is 1.51. The van der Waals surface area contributed by atoms with Crippen LogP contribution in [0.2, 0.25) is 0 Å². The summed E-state index contributed by atoms with van der Waals surface area (Å²) in [7, 11) is -3.67. The van der Waals surface area contributed by atoms with E-state index in [0.29, 0.717) is 17.9 Å². The molecule has 2 aromatic rings. The second-order valence-corrected chi connectivity index (χ2v) is 9.17. The van der Waals surface area contributed by atoms with Gasteiger partial charge in [-0.25, -0.2) is 17.9 Å². The summed E-state index contributed by atoms with van der Waals surface area (Å²) in [4.78, 5) is 24.1. The minimum Gasteiger partial charge on any atom is -0.338 e. The minimum atomic E-state index is -3.67. The van der Waals surface area contributed by atoms with Crippen LogP contribution in [0.1, 0.15) is 37.3 Å². The summed E-state index contributed by atoms with van der Waals surface area (Å²) >= 11 is 0. The predicted molar refractivity (Wildman–Crippen MR) is 121 cm³/mol. The van der Waals surface area contributed by atoms with Crippen LogP contribution in [0.25, 0.3) is 0 Å². The Morgan fingerprint density at radius 2 is 1.65 bits per heavy atom. The second kappa shape index (κ2) is 10.4. The third-order valence-electron chi connectivity index (χ3n) is 5.02.